The van der Waals surface area contributed by atoms with Gasteiger partial charge in [0, 0.05) is 6.04 Å². The van der Waals surface area contributed by atoms with Crippen LogP contribution in [-0.4, -0.2) is 20.9 Å². The summed E-state index contributed by atoms with van der Waals surface area (Å²) in [6.45, 7) is 2.17. The number of nitrogens with two attached hydrogens (primary N) is 1. The molecule has 2 atom stereocenters. The lowest BCUT2D eigenvalue weighted by atomic mass is 10.1. The molecule has 4 N–H and O–H groups in total. The van der Waals surface area contributed by atoms with Gasteiger partial charge in [0.2, 0.25) is 11.6 Å². The van der Waals surface area contributed by atoms with Crippen LogP contribution in [0.25, 0.3) is 0 Å². The predicted molar refractivity (Wildman–Crippen MR) is 66.9 cm³/mol. The first-order valence-electron chi connectivity index (χ1n) is 5.84. The van der Waals surface area contributed by atoms with Crippen LogP contribution in [0.15, 0.2) is 6.33 Å². The third-order valence-corrected chi connectivity index (χ3v) is 3.18. The molecule has 0 spiro atoms. The zero-order valence-electron chi connectivity index (χ0n) is 10.1. The van der Waals surface area contributed by atoms with Gasteiger partial charge < -0.3 is 10.7 Å². The van der Waals surface area contributed by atoms with Crippen molar-refractivity contribution in [1.82, 2.24) is 9.97 Å². The fourth-order valence-corrected chi connectivity index (χ4v) is 2.29. The monoisotopic (exact) mass is 252 g/mol. The lowest BCUT2D eigenvalue weighted by Crippen LogP contribution is -2.19. The number of aromatic nitrogens is 2. The van der Waals surface area contributed by atoms with Crippen molar-refractivity contribution in [1.29, 1.82) is 0 Å². The van der Waals surface area contributed by atoms with E-state index in [1.54, 1.807) is 0 Å². The van der Waals surface area contributed by atoms with Crippen molar-refractivity contribution < 1.29 is 4.92 Å². The van der Waals surface area contributed by atoms with Gasteiger partial charge in [-0.25, -0.2) is 15.8 Å². The molecule has 98 valence electrons. The van der Waals surface area contributed by atoms with Gasteiger partial charge in [0.1, 0.15) is 6.33 Å². The number of rotatable bonds is 4. The van der Waals surface area contributed by atoms with E-state index in [0.717, 1.165) is 19.3 Å². The summed E-state index contributed by atoms with van der Waals surface area (Å²) in [6, 6.07) is 0.222. The highest BCUT2D eigenvalue weighted by Crippen LogP contribution is 2.32. The Kier molecular flexibility index (Phi) is 3.56. The summed E-state index contributed by atoms with van der Waals surface area (Å²) in [7, 11) is 0. The molecule has 1 aliphatic rings. The molecule has 18 heavy (non-hydrogen) atoms. The summed E-state index contributed by atoms with van der Waals surface area (Å²) in [5, 5.41) is 14.1. The Balaban J connectivity index is 2.24. The number of nitrogens with one attached hydrogen (secondary N) is 2. The number of nitrogen functional groups attached to an aromatic ring is 1. The average molecular weight is 252 g/mol. The van der Waals surface area contributed by atoms with E-state index in [0.29, 0.717) is 5.92 Å². The van der Waals surface area contributed by atoms with Gasteiger partial charge in [-0.05, 0) is 25.2 Å². The number of hydrogen-bond donors (Lipinski definition) is 3. The molecule has 1 saturated carbocycles. The first-order chi connectivity index (χ1) is 8.61. The molecule has 1 aromatic heterocycles. The Labute approximate surface area is 104 Å². The number of hydrogen-bond acceptors (Lipinski definition) is 7. The molecular formula is C10H16N6O2. The van der Waals surface area contributed by atoms with Crippen molar-refractivity contribution in [3.63, 3.8) is 0 Å². The largest absolute Gasteiger partial charge is 0.361 e. The van der Waals surface area contributed by atoms with Crippen LogP contribution in [0.1, 0.15) is 26.2 Å². The molecule has 8 heteroatoms. The minimum Gasteiger partial charge on any atom is -0.361 e. The molecule has 1 heterocycles. The molecule has 1 fully saturated rings. The van der Waals surface area contributed by atoms with Gasteiger partial charge >= 0.3 is 5.69 Å². The Morgan fingerprint density at radius 3 is 2.72 bits per heavy atom. The average Bonchev–Trinajstić information content (AvgIpc) is 2.74. The minimum atomic E-state index is -0.532. The SMILES string of the molecule is CC1CCC(Nc2ncnc(NN)c2[N+](=O)[O-])C1. The molecule has 2 rings (SSSR count). The first-order valence-corrected chi connectivity index (χ1v) is 5.84. The second-order valence-corrected chi connectivity index (χ2v) is 4.58. The molecule has 0 saturated heterocycles. The second kappa shape index (κ2) is 5.13. The van der Waals surface area contributed by atoms with Crippen LogP contribution < -0.4 is 16.6 Å². The van der Waals surface area contributed by atoms with Crippen molar-refractivity contribution in [2.45, 2.75) is 32.2 Å². The van der Waals surface area contributed by atoms with Crippen LogP contribution in [0.2, 0.25) is 0 Å². The number of anilines is 2. The Hall–Kier alpha value is -1.96. The molecular weight excluding hydrogens is 236 g/mol. The highest BCUT2D eigenvalue weighted by Gasteiger charge is 2.27. The minimum absolute atomic E-state index is 0.0172. The fourth-order valence-electron chi connectivity index (χ4n) is 2.29. The normalized spacial score (nSPS) is 22.8. The van der Waals surface area contributed by atoms with E-state index < -0.39 is 4.92 Å². The molecule has 0 bridgehead atoms. The zero-order valence-corrected chi connectivity index (χ0v) is 10.1. The van der Waals surface area contributed by atoms with Gasteiger partial charge in [-0.15, -0.1) is 0 Å². The molecule has 2 unspecified atom stereocenters. The van der Waals surface area contributed by atoms with Crippen molar-refractivity contribution in [2.24, 2.45) is 11.8 Å². The molecule has 8 nitrogen and oxygen atoms in total. The van der Waals surface area contributed by atoms with Crippen molar-refractivity contribution >= 4 is 17.3 Å². The van der Waals surface area contributed by atoms with E-state index >= 15 is 0 Å². The molecule has 0 aromatic carbocycles. The van der Waals surface area contributed by atoms with Crippen LogP contribution in [0.3, 0.4) is 0 Å². The summed E-state index contributed by atoms with van der Waals surface area (Å²) >= 11 is 0. The van der Waals surface area contributed by atoms with Crippen LogP contribution >= 0.6 is 0 Å². The van der Waals surface area contributed by atoms with Crippen molar-refractivity contribution in [3.05, 3.63) is 16.4 Å². The third-order valence-electron chi connectivity index (χ3n) is 3.18. The van der Waals surface area contributed by atoms with Gasteiger partial charge in [0.25, 0.3) is 0 Å². The lowest BCUT2D eigenvalue weighted by molar-refractivity contribution is -0.383. The van der Waals surface area contributed by atoms with E-state index in [4.69, 9.17) is 5.84 Å². The topological polar surface area (TPSA) is 119 Å². The van der Waals surface area contributed by atoms with Crippen LogP contribution in [0.4, 0.5) is 17.3 Å². The molecule has 1 aliphatic carbocycles. The van der Waals surface area contributed by atoms with E-state index in [2.05, 4.69) is 27.6 Å². The maximum Gasteiger partial charge on any atom is 0.354 e. The Bertz CT molecular complexity index is 452. The number of hydrazine groups is 1. The van der Waals surface area contributed by atoms with Crippen molar-refractivity contribution in [3.8, 4) is 0 Å². The third kappa shape index (κ3) is 2.48. The molecule has 1 aromatic rings. The lowest BCUT2D eigenvalue weighted by Gasteiger charge is -2.13. The van der Waals surface area contributed by atoms with Gasteiger partial charge in [0.05, 0.1) is 4.92 Å². The van der Waals surface area contributed by atoms with Crippen LogP contribution in [-0.2, 0) is 0 Å². The highest BCUT2D eigenvalue weighted by molar-refractivity contribution is 5.69. The van der Waals surface area contributed by atoms with Crippen molar-refractivity contribution in [2.75, 3.05) is 10.7 Å². The molecule has 0 aliphatic heterocycles. The number of nitro groups is 1. The Morgan fingerprint density at radius 2 is 2.17 bits per heavy atom. The smallest absolute Gasteiger partial charge is 0.354 e. The molecule has 0 radical (unpaired) electrons. The summed E-state index contributed by atoms with van der Waals surface area (Å²) < 4.78 is 0. The Morgan fingerprint density at radius 1 is 1.44 bits per heavy atom. The predicted octanol–water partition coefficient (Wildman–Crippen LogP) is 1.27. The fraction of sp³-hybridized carbons (Fsp3) is 0.600. The van der Waals surface area contributed by atoms with E-state index in [1.807, 2.05) is 0 Å². The molecule has 0 amide bonds. The van der Waals surface area contributed by atoms with E-state index in [9.17, 15) is 10.1 Å². The summed E-state index contributed by atoms with van der Waals surface area (Å²) in [5.41, 5.74) is 2.01. The number of nitrogens with zero attached hydrogens (tertiary/aromatic N) is 3. The van der Waals surface area contributed by atoms with E-state index in [-0.39, 0.29) is 23.4 Å². The standard InChI is InChI=1S/C10H16N6O2/c1-6-2-3-7(4-6)14-9-8(16(17)18)10(15-11)13-5-12-9/h5-7H,2-4,11H2,1H3,(H2,12,13,14,15). The van der Waals surface area contributed by atoms with Gasteiger partial charge in [-0.1, -0.05) is 6.92 Å². The zero-order chi connectivity index (χ0) is 13.1. The highest BCUT2D eigenvalue weighted by atomic mass is 16.6. The van der Waals surface area contributed by atoms with Gasteiger partial charge in [-0.3, -0.25) is 10.1 Å². The van der Waals surface area contributed by atoms with E-state index in [1.165, 1.54) is 6.33 Å². The second-order valence-electron chi connectivity index (χ2n) is 4.58. The summed E-state index contributed by atoms with van der Waals surface area (Å²) in [4.78, 5) is 18.2. The quantitative estimate of drug-likeness (QED) is 0.419. The van der Waals surface area contributed by atoms with Gasteiger partial charge in [-0.2, -0.15) is 0 Å². The van der Waals surface area contributed by atoms with Gasteiger partial charge in [0.15, 0.2) is 0 Å². The maximum absolute atomic E-state index is 11.0. The first kappa shape index (κ1) is 12.5. The summed E-state index contributed by atoms with van der Waals surface area (Å²) in [6.07, 6.45) is 4.36. The van der Waals surface area contributed by atoms with Crippen LogP contribution in [0, 0.1) is 16.0 Å². The van der Waals surface area contributed by atoms with Crippen LogP contribution in [0.5, 0.6) is 0 Å². The summed E-state index contributed by atoms with van der Waals surface area (Å²) in [5.74, 6) is 6.09. The maximum atomic E-state index is 11.0.